The van der Waals surface area contributed by atoms with Crippen LogP contribution in [-0.4, -0.2) is 38.9 Å². The predicted octanol–water partition coefficient (Wildman–Crippen LogP) is 2.93. The number of piperidine rings is 1. The molecule has 1 fully saturated rings. The molecule has 1 heterocycles. The first-order valence-corrected chi connectivity index (χ1v) is 8.87. The number of rotatable bonds is 4. The van der Waals surface area contributed by atoms with Crippen LogP contribution in [0, 0.1) is 0 Å². The zero-order valence-electron chi connectivity index (χ0n) is 11.7. The second-order valence-electron chi connectivity index (χ2n) is 5.00. The Bertz CT molecular complexity index is 575. The molecule has 1 saturated heterocycles. The molecule has 120 valence electrons. The molecular weight excluding hydrogens is 355 g/mol. The first-order chi connectivity index (χ1) is 9.40. The van der Waals surface area contributed by atoms with Gasteiger partial charge in [-0.3, -0.25) is 0 Å². The van der Waals surface area contributed by atoms with Gasteiger partial charge in [0, 0.05) is 13.1 Å². The van der Waals surface area contributed by atoms with Crippen molar-refractivity contribution in [3.63, 3.8) is 0 Å². The highest BCUT2D eigenvalue weighted by atomic mass is 35.5. The Morgan fingerprint density at radius 2 is 1.86 bits per heavy atom. The zero-order chi connectivity index (χ0) is 14.8. The summed E-state index contributed by atoms with van der Waals surface area (Å²) < 4.78 is 26.3. The van der Waals surface area contributed by atoms with Gasteiger partial charge in [0.15, 0.2) is 0 Å². The molecule has 21 heavy (non-hydrogen) atoms. The van der Waals surface area contributed by atoms with Gasteiger partial charge in [-0.25, -0.2) is 12.7 Å². The van der Waals surface area contributed by atoms with E-state index in [1.54, 1.807) is 25.2 Å². The maximum Gasteiger partial charge on any atom is 0.218 e. The molecule has 0 spiro atoms. The van der Waals surface area contributed by atoms with Gasteiger partial charge in [-0.15, -0.1) is 12.4 Å². The molecule has 0 amide bonds. The standard InChI is InChI=1S/C13H18Cl2N2O2S.ClH/c1-17(11-4-6-16-7-5-11)20(18,19)9-10-2-3-12(14)13(15)8-10;/h2-3,8,11,16H,4-7,9H2,1H3;1H. The minimum atomic E-state index is -3.34. The lowest BCUT2D eigenvalue weighted by atomic mass is 10.1. The van der Waals surface area contributed by atoms with Crippen molar-refractivity contribution in [3.8, 4) is 0 Å². The minimum Gasteiger partial charge on any atom is -0.317 e. The molecule has 1 aliphatic rings. The van der Waals surface area contributed by atoms with E-state index in [9.17, 15) is 8.42 Å². The largest absolute Gasteiger partial charge is 0.317 e. The summed E-state index contributed by atoms with van der Waals surface area (Å²) in [4.78, 5) is 0. The van der Waals surface area contributed by atoms with Crippen molar-refractivity contribution >= 4 is 45.6 Å². The van der Waals surface area contributed by atoms with Crippen LogP contribution in [0.2, 0.25) is 10.0 Å². The average Bonchev–Trinajstić information content (AvgIpc) is 2.43. The zero-order valence-corrected chi connectivity index (χ0v) is 14.8. The quantitative estimate of drug-likeness (QED) is 0.883. The van der Waals surface area contributed by atoms with Gasteiger partial charge in [0.25, 0.3) is 0 Å². The first kappa shape index (κ1) is 19.0. The maximum atomic E-state index is 12.4. The Hall–Kier alpha value is -0.0400. The van der Waals surface area contributed by atoms with Crippen LogP contribution in [0.15, 0.2) is 18.2 Å². The Labute approximate surface area is 142 Å². The lowest BCUT2D eigenvalue weighted by Gasteiger charge is -2.30. The SMILES string of the molecule is CN(C1CCNCC1)S(=O)(=O)Cc1ccc(Cl)c(Cl)c1.Cl. The summed E-state index contributed by atoms with van der Waals surface area (Å²) in [6.45, 7) is 1.72. The molecule has 1 aromatic carbocycles. The summed E-state index contributed by atoms with van der Waals surface area (Å²) in [6, 6.07) is 5.00. The summed E-state index contributed by atoms with van der Waals surface area (Å²) in [5, 5.41) is 4.04. The molecule has 1 aromatic rings. The predicted molar refractivity (Wildman–Crippen MR) is 90.0 cm³/mol. The Morgan fingerprint density at radius 1 is 1.24 bits per heavy atom. The van der Waals surface area contributed by atoms with Crippen molar-refractivity contribution in [1.29, 1.82) is 0 Å². The van der Waals surface area contributed by atoms with Gasteiger partial charge in [-0.05, 0) is 43.6 Å². The topological polar surface area (TPSA) is 49.4 Å². The number of sulfonamides is 1. The van der Waals surface area contributed by atoms with Gasteiger partial charge < -0.3 is 5.32 Å². The van der Waals surface area contributed by atoms with Gasteiger partial charge in [-0.2, -0.15) is 0 Å². The molecule has 1 N–H and O–H groups in total. The summed E-state index contributed by atoms with van der Waals surface area (Å²) in [7, 11) is -1.68. The van der Waals surface area contributed by atoms with E-state index in [2.05, 4.69) is 5.32 Å². The van der Waals surface area contributed by atoms with Crippen molar-refractivity contribution in [1.82, 2.24) is 9.62 Å². The molecule has 0 bridgehead atoms. The van der Waals surface area contributed by atoms with Gasteiger partial charge >= 0.3 is 0 Å². The van der Waals surface area contributed by atoms with Crippen LogP contribution in [0.25, 0.3) is 0 Å². The number of hydrogen-bond acceptors (Lipinski definition) is 3. The van der Waals surface area contributed by atoms with Crippen LogP contribution in [0.5, 0.6) is 0 Å². The number of hydrogen-bond donors (Lipinski definition) is 1. The molecule has 0 aliphatic carbocycles. The first-order valence-electron chi connectivity index (χ1n) is 6.50. The van der Waals surface area contributed by atoms with Crippen LogP contribution < -0.4 is 5.32 Å². The fourth-order valence-electron chi connectivity index (χ4n) is 2.34. The number of nitrogens with zero attached hydrogens (tertiary/aromatic N) is 1. The summed E-state index contributed by atoms with van der Waals surface area (Å²) in [5.41, 5.74) is 0.653. The van der Waals surface area contributed by atoms with E-state index < -0.39 is 10.0 Å². The second kappa shape index (κ2) is 7.99. The average molecular weight is 374 g/mol. The lowest BCUT2D eigenvalue weighted by molar-refractivity contribution is 0.296. The monoisotopic (exact) mass is 372 g/mol. The molecule has 1 aliphatic heterocycles. The summed E-state index contributed by atoms with van der Waals surface area (Å²) in [6.07, 6.45) is 1.69. The molecule has 4 nitrogen and oxygen atoms in total. The van der Waals surface area contributed by atoms with Crippen molar-refractivity contribution in [2.75, 3.05) is 20.1 Å². The fourth-order valence-corrected chi connectivity index (χ4v) is 4.13. The highest BCUT2D eigenvalue weighted by Gasteiger charge is 2.27. The van der Waals surface area contributed by atoms with Crippen LogP contribution in [-0.2, 0) is 15.8 Å². The van der Waals surface area contributed by atoms with Crippen molar-refractivity contribution < 1.29 is 8.42 Å². The summed E-state index contributed by atoms with van der Waals surface area (Å²) >= 11 is 11.8. The number of nitrogens with one attached hydrogen (secondary N) is 1. The van der Waals surface area contributed by atoms with E-state index in [1.807, 2.05) is 0 Å². The van der Waals surface area contributed by atoms with Gasteiger partial charge in [-0.1, -0.05) is 29.3 Å². The molecule has 2 rings (SSSR count). The Balaban J connectivity index is 0.00000220. The molecule has 0 unspecified atom stereocenters. The molecule has 0 saturated carbocycles. The van der Waals surface area contributed by atoms with Crippen molar-refractivity contribution in [2.24, 2.45) is 0 Å². The third-order valence-corrected chi connectivity index (χ3v) is 6.21. The molecule has 0 aromatic heterocycles. The molecule has 0 radical (unpaired) electrons. The van der Waals surface area contributed by atoms with E-state index in [0.717, 1.165) is 25.9 Å². The van der Waals surface area contributed by atoms with E-state index >= 15 is 0 Å². The summed E-state index contributed by atoms with van der Waals surface area (Å²) in [5.74, 6) is -0.0513. The van der Waals surface area contributed by atoms with Crippen LogP contribution >= 0.6 is 35.6 Å². The molecular formula is C13H19Cl3N2O2S. The highest BCUT2D eigenvalue weighted by Crippen LogP contribution is 2.24. The van der Waals surface area contributed by atoms with Crippen LogP contribution in [0.1, 0.15) is 18.4 Å². The van der Waals surface area contributed by atoms with Crippen LogP contribution in [0.3, 0.4) is 0 Å². The van der Waals surface area contributed by atoms with Crippen LogP contribution in [0.4, 0.5) is 0 Å². The van der Waals surface area contributed by atoms with Crippen molar-refractivity contribution in [2.45, 2.75) is 24.6 Å². The Morgan fingerprint density at radius 3 is 2.43 bits per heavy atom. The number of benzene rings is 1. The fraction of sp³-hybridized carbons (Fsp3) is 0.538. The van der Waals surface area contributed by atoms with Gasteiger partial charge in [0.1, 0.15) is 0 Å². The second-order valence-corrected chi connectivity index (χ2v) is 7.84. The number of halogens is 3. The van der Waals surface area contributed by atoms with Gasteiger partial charge in [0.2, 0.25) is 10.0 Å². The van der Waals surface area contributed by atoms with E-state index in [0.29, 0.717) is 15.6 Å². The van der Waals surface area contributed by atoms with E-state index in [-0.39, 0.29) is 24.2 Å². The van der Waals surface area contributed by atoms with E-state index in [4.69, 9.17) is 23.2 Å². The lowest BCUT2D eigenvalue weighted by Crippen LogP contribution is -2.44. The third kappa shape index (κ3) is 4.98. The molecule has 0 atom stereocenters. The molecule has 8 heteroatoms. The van der Waals surface area contributed by atoms with Crippen molar-refractivity contribution in [3.05, 3.63) is 33.8 Å². The normalized spacial score (nSPS) is 16.8. The third-order valence-electron chi connectivity index (χ3n) is 3.59. The Kier molecular flexibility index (Phi) is 7.24. The highest BCUT2D eigenvalue weighted by molar-refractivity contribution is 7.88. The smallest absolute Gasteiger partial charge is 0.218 e. The van der Waals surface area contributed by atoms with E-state index in [1.165, 1.54) is 4.31 Å². The minimum absolute atomic E-state index is 0. The maximum absolute atomic E-state index is 12.4. The van der Waals surface area contributed by atoms with Gasteiger partial charge in [0.05, 0.1) is 15.8 Å².